The van der Waals surface area contributed by atoms with Crippen LogP contribution in [-0.2, 0) is 0 Å². The molecule has 0 unspecified atom stereocenters. The van der Waals surface area contributed by atoms with Crippen molar-refractivity contribution in [1.82, 2.24) is 9.97 Å². The van der Waals surface area contributed by atoms with Crippen LogP contribution >= 0.6 is 11.6 Å². The molecule has 0 aromatic carbocycles. The van der Waals surface area contributed by atoms with E-state index in [1.54, 1.807) is 0 Å². The second-order valence-corrected chi connectivity index (χ2v) is 5.48. The van der Waals surface area contributed by atoms with E-state index in [4.69, 9.17) is 16.6 Å². The molecule has 2 aliphatic rings. The highest BCUT2D eigenvalue weighted by Crippen LogP contribution is 2.24. The molecule has 0 bridgehead atoms. The molecular weight excluding hydrogens is 248 g/mol. The Morgan fingerprint density at radius 2 is 1.44 bits per heavy atom. The van der Waals surface area contributed by atoms with Crippen LogP contribution in [-0.4, -0.2) is 36.1 Å². The number of rotatable bonds is 2. The number of nitrogens with zero attached hydrogens (tertiary/aromatic N) is 4. The topological polar surface area (TPSA) is 32.3 Å². The van der Waals surface area contributed by atoms with Crippen molar-refractivity contribution >= 4 is 23.4 Å². The quantitative estimate of drug-likeness (QED) is 0.771. The Morgan fingerprint density at radius 3 is 2.17 bits per heavy atom. The molecule has 0 aliphatic carbocycles. The van der Waals surface area contributed by atoms with Crippen LogP contribution in [0.3, 0.4) is 0 Å². The monoisotopic (exact) mass is 266 g/mol. The number of piperidine rings is 1. The molecule has 0 amide bonds. The number of hydrogen-bond acceptors (Lipinski definition) is 4. The van der Waals surface area contributed by atoms with Crippen LogP contribution in [0.2, 0.25) is 5.15 Å². The van der Waals surface area contributed by atoms with Gasteiger partial charge in [0, 0.05) is 32.2 Å². The van der Waals surface area contributed by atoms with Crippen molar-refractivity contribution in [3.63, 3.8) is 0 Å². The first-order chi connectivity index (χ1) is 8.83. The molecule has 0 radical (unpaired) electrons. The van der Waals surface area contributed by atoms with Gasteiger partial charge in [0.2, 0.25) is 5.95 Å². The summed E-state index contributed by atoms with van der Waals surface area (Å²) in [4.78, 5) is 13.6. The molecule has 2 aliphatic heterocycles. The molecular formula is C13H19ClN4. The third-order valence-corrected chi connectivity index (χ3v) is 3.93. The summed E-state index contributed by atoms with van der Waals surface area (Å²) in [6.07, 6.45) is 6.29. The van der Waals surface area contributed by atoms with Gasteiger partial charge in [-0.05, 0) is 32.1 Å². The molecule has 5 heteroatoms. The third-order valence-electron chi connectivity index (χ3n) is 3.74. The average Bonchev–Trinajstić information content (AvgIpc) is 2.93. The maximum atomic E-state index is 6.14. The summed E-state index contributed by atoms with van der Waals surface area (Å²) < 4.78 is 0. The molecule has 0 N–H and O–H groups in total. The maximum absolute atomic E-state index is 6.14. The minimum Gasteiger partial charge on any atom is -0.356 e. The standard InChI is InChI=1S/C13H19ClN4/c14-11-10-12(17-6-2-1-3-7-17)16-13(15-11)18-8-4-5-9-18/h10H,1-9H2. The van der Waals surface area contributed by atoms with Crippen molar-refractivity contribution in [2.24, 2.45) is 0 Å². The van der Waals surface area contributed by atoms with E-state index in [-0.39, 0.29) is 0 Å². The van der Waals surface area contributed by atoms with Gasteiger partial charge in [0.15, 0.2) is 0 Å². The lowest BCUT2D eigenvalue weighted by Crippen LogP contribution is -2.31. The molecule has 1 aromatic rings. The van der Waals surface area contributed by atoms with E-state index in [1.807, 2.05) is 6.07 Å². The largest absolute Gasteiger partial charge is 0.356 e. The Labute approximate surface area is 113 Å². The van der Waals surface area contributed by atoms with Crippen LogP contribution in [0, 0.1) is 0 Å². The van der Waals surface area contributed by atoms with E-state index in [2.05, 4.69) is 14.8 Å². The van der Waals surface area contributed by atoms with Crippen molar-refractivity contribution in [2.75, 3.05) is 36.0 Å². The Kier molecular flexibility index (Phi) is 3.55. The van der Waals surface area contributed by atoms with Crippen molar-refractivity contribution in [3.8, 4) is 0 Å². The lowest BCUT2D eigenvalue weighted by molar-refractivity contribution is 0.573. The van der Waals surface area contributed by atoms with Crippen LogP contribution in [0.25, 0.3) is 0 Å². The average molecular weight is 267 g/mol. The van der Waals surface area contributed by atoms with E-state index in [0.29, 0.717) is 5.15 Å². The van der Waals surface area contributed by atoms with Crippen LogP contribution in [0.15, 0.2) is 6.07 Å². The van der Waals surface area contributed by atoms with Gasteiger partial charge in [-0.3, -0.25) is 0 Å². The molecule has 2 saturated heterocycles. The summed E-state index contributed by atoms with van der Waals surface area (Å²) in [6.45, 7) is 4.29. The highest BCUT2D eigenvalue weighted by atomic mass is 35.5. The molecule has 0 saturated carbocycles. The van der Waals surface area contributed by atoms with Gasteiger partial charge in [0.25, 0.3) is 0 Å². The first-order valence-corrected chi connectivity index (χ1v) is 7.25. The van der Waals surface area contributed by atoms with Gasteiger partial charge in [0.05, 0.1) is 0 Å². The van der Waals surface area contributed by atoms with Crippen molar-refractivity contribution in [2.45, 2.75) is 32.1 Å². The molecule has 4 nitrogen and oxygen atoms in total. The predicted octanol–water partition coefficient (Wildman–Crippen LogP) is 2.72. The van der Waals surface area contributed by atoms with Crippen LogP contribution in [0.5, 0.6) is 0 Å². The number of hydrogen-bond donors (Lipinski definition) is 0. The SMILES string of the molecule is Clc1cc(N2CCCCC2)nc(N2CCCC2)n1. The Morgan fingerprint density at radius 1 is 0.833 bits per heavy atom. The summed E-state index contributed by atoms with van der Waals surface area (Å²) in [5.41, 5.74) is 0. The van der Waals surface area contributed by atoms with Crippen molar-refractivity contribution in [3.05, 3.63) is 11.2 Å². The Balaban J connectivity index is 1.84. The fraction of sp³-hybridized carbons (Fsp3) is 0.692. The highest BCUT2D eigenvalue weighted by molar-refractivity contribution is 6.29. The summed E-state index contributed by atoms with van der Waals surface area (Å²) in [5, 5.41) is 0.562. The minimum absolute atomic E-state index is 0.562. The van der Waals surface area contributed by atoms with Gasteiger partial charge in [-0.25, -0.2) is 4.98 Å². The van der Waals surface area contributed by atoms with E-state index < -0.39 is 0 Å². The molecule has 3 rings (SSSR count). The van der Waals surface area contributed by atoms with Gasteiger partial charge in [0.1, 0.15) is 11.0 Å². The molecule has 18 heavy (non-hydrogen) atoms. The summed E-state index contributed by atoms with van der Waals surface area (Å²) in [5.74, 6) is 1.80. The smallest absolute Gasteiger partial charge is 0.228 e. The summed E-state index contributed by atoms with van der Waals surface area (Å²) in [7, 11) is 0. The molecule has 98 valence electrons. The summed E-state index contributed by atoms with van der Waals surface area (Å²) in [6, 6.07) is 1.90. The van der Waals surface area contributed by atoms with Crippen LogP contribution in [0.4, 0.5) is 11.8 Å². The first-order valence-electron chi connectivity index (χ1n) is 6.87. The molecule has 0 atom stereocenters. The predicted molar refractivity (Wildman–Crippen MR) is 74.6 cm³/mol. The second-order valence-electron chi connectivity index (χ2n) is 5.09. The van der Waals surface area contributed by atoms with Gasteiger partial charge >= 0.3 is 0 Å². The van der Waals surface area contributed by atoms with Gasteiger partial charge < -0.3 is 9.80 Å². The van der Waals surface area contributed by atoms with E-state index in [9.17, 15) is 0 Å². The normalized spacial score (nSPS) is 20.5. The van der Waals surface area contributed by atoms with Gasteiger partial charge in [-0.1, -0.05) is 11.6 Å². The van der Waals surface area contributed by atoms with Crippen molar-refractivity contribution in [1.29, 1.82) is 0 Å². The van der Waals surface area contributed by atoms with E-state index in [0.717, 1.165) is 37.9 Å². The van der Waals surface area contributed by atoms with E-state index >= 15 is 0 Å². The molecule has 3 heterocycles. The molecule has 2 fully saturated rings. The molecule has 0 spiro atoms. The number of aromatic nitrogens is 2. The fourth-order valence-corrected chi connectivity index (χ4v) is 2.91. The third kappa shape index (κ3) is 2.53. The van der Waals surface area contributed by atoms with Crippen LogP contribution in [0.1, 0.15) is 32.1 Å². The molecule has 1 aromatic heterocycles. The zero-order valence-electron chi connectivity index (χ0n) is 10.6. The first kappa shape index (κ1) is 12.0. The zero-order valence-corrected chi connectivity index (χ0v) is 11.4. The lowest BCUT2D eigenvalue weighted by atomic mass is 10.1. The summed E-state index contributed by atoms with van der Waals surface area (Å²) >= 11 is 6.14. The Bertz CT molecular complexity index is 411. The fourth-order valence-electron chi connectivity index (χ4n) is 2.74. The second kappa shape index (κ2) is 5.31. The number of halogens is 1. The zero-order chi connectivity index (χ0) is 12.4. The van der Waals surface area contributed by atoms with Gasteiger partial charge in [-0.15, -0.1) is 0 Å². The highest BCUT2D eigenvalue weighted by Gasteiger charge is 2.19. The Hall–Kier alpha value is -1.03. The minimum atomic E-state index is 0.562. The van der Waals surface area contributed by atoms with Crippen LogP contribution < -0.4 is 9.80 Å². The maximum Gasteiger partial charge on any atom is 0.228 e. The van der Waals surface area contributed by atoms with E-state index in [1.165, 1.54) is 32.1 Å². The van der Waals surface area contributed by atoms with Crippen molar-refractivity contribution < 1.29 is 0 Å². The van der Waals surface area contributed by atoms with Gasteiger partial charge in [-0.2, -0.15) is 4.98 Å². The number of anilines is 2. The lowest BCUT2D eigenvalue weighted by Gasteiger charge is -2.28.